The maximum absolute atomic E-state index is 13.3. The van der Waals surface area contributed by atoms with Crippen molar-refractivity contribution in [2.24, 2.45) is 11.7 Å². The second kappa shape index (κ2) is 5.25. The quantitative estimate of drug-likeness (QED) is 0.922. The van der Waals surface area contributed by atoms with E-state index >= 15 is 0 Å². The van der Waals surface area contributed by atoms with Crippen LogP contribution in [0.4, 0.5) is 4.39 Å². The molecule has 0 amide bonds. The Balaban J connectivity index is 1.99. The summed E-state index contributed by atoms with van der Waals surface area (Å²) in [6.07, 6.45) is 1.11. The van der Waals surface area contributed by atoms with Gasteiger partial charge in [0, 0.05) is 0 Å². The summed E-state index contributed by atoms with van der Waals surface area (Å²) in [5.74, 6) is 1.70. The Morgan fingerprint density at radius 1 is 1.20 bits per heavy atom. The molecule has 1 saturated carbocycles. The van der Waals surface area contributed by atoms with Gasteiger partial charge in [-0.3, -0.25) is 0 Å². The summed E-state index contributed by atoms with van der Waals surface area (Å²) in [5.41, 5.74) is 8.82. The van der Waals surface area contributed by atoms with Crippen LogP contribution < -0.4 is 10.5 Å². The van der Waals surface area contributed by atoms with Crippen LogP contribution in [0.2, 0.25) is 0 Å². The number of nitrogens with two attached hydrogens (primary N) is 1. The molecule has 2 atom stereocenters. The molecule has 0 heterocycles. The lowest BCUT2D eigenvalue weighted by Crippen LogP contribution is -2.02. The molecule has 104 valence electrons. The van der Waals surface area contributed by atoms with E-state index in [9.17, 15) is 4.39 Å². The molecule has 2 aromatic carbocycles. The SMILES string of the molecule is COc1ccc(-c2cccc(F)c2)cc1[C@H]1C[C@@H]1CN. The Hall–Kier alpha value is -1.87. The van der Waals surface area contributed by atoms with Gasteiger partial charge >= 0.3 is 0 Å². The standard InChI is InChI=1S/C17H18FNO/c1-20-17-6-5-12(11-3-2-4-14(18)7-11)8-16(17)15-9-13(15)10-19/h2-8,13,15H,9-10,19H2,1H3/t13-,15+/m1/s1. The molecule has 1 aliphatic carbocycles. The van der Waals surface area contributed by atoms with Gasteiger partial charge in [0.15, 0.2) is 0 Å². The summed E-state index contributed by atoms with van der Waals surface area (Å²) in [6, 6.07) is 12.7. The van der Waals surface area contributed by atoms with Crippen LogP contribution in [0, 0.1) is 11.7 Å². The molecule has 0 aromatic heterocycles. The van der Waals surface area contributed by atoms with Gasteiger partial charge in [-0.05, 0) is 65.8 Å². The van der Waals surface area contributed by atoms with Crippen LogP contribution in [0.15, 0.2) is 42.5 Å². The maximum Gasteiger partial charge on any atom is 0.123 e. The van der Waals surface area contributed by atoms with E-state index in [-0.39, 0.29) is 5.82 Å². The molecule has 0 bridgehead atoms. The lowest BCUT2D eigenvalue weighted by atomic mass is 9.99. The van der Waals surface area contributed by atoms with Crippen LogP contribution in [0.1, 0.15) is 17.9 Å². The van der Waals surface area contributed by atoms with Crippen molar-refractivity contribution in [1.82, 2.24) is 0 Å². The smallest absolute Gasteiger partial charge is 0.123 e. The van der Waals surface area contributed by atoms with Crippen LogP contribution in [0.5, 0.6) is 5.75 Å². The number of methoxy groups -OCH3 is 1. The third kappa shape index (κ3) is 2.41. The van der Waals surface area contributed by atoms with Gasteiger partial charge in [0.05, 0.1) is 7.11 Å². The van der Waals surface area contributed by atoms with Gasteiger partial charge in [-0.15, -0.1) is 0 Å². The van der Waals surface area contributed by atoms with Crippen molar-refractivity contribution in [1.29, 1.82) is 0 Å². The monoisotopic (exact) mass is 271 g/mol. The minimum atomic E-state index is -0.217. The summed E-state index contributed by atoms with van der Waals surface area (Å²) >= 11 is 0. The van der Waals surface area contributed by atoms with E-state index < -0.39 is 0 Å². The normalized spacial score (nSPS) is 20.8. The molecule has 0 unspecified atom stereocenters. The lowest BCUT2D eigenvalue weighted by molar-refractivity contribution is 0.409. The van der Waals surface area contributed by atoms with E-state index in [1.54, 1.807) is 19.2 Å². The summed E-state index contributed by atoms with van der Waals surface area (Å²) in [5, 5.41) is 0. The van der Waals surface area contributed by atoms with Gasteiger partial charge in [-0.2, -0.15) is 0 Å². The van der Waals surface area contributed by atoms with E-state index in [0.29, 0.717) is 18.4 Å². The molecular formula is C17H18FNO. The van der Waals surface area contributed by atoms with E-state index in [2.05, 4.69) is 6.07 Å². The first-order valence-electron chi connectivity index (χ1n) is 6.87. The Morgan fingerprint density at radius 3 is 2.65 bits per heavy atom. The molecule has 0 saturated heterocycles. The molecule has 20 heavy (non-hydrogen) atoms. The van der Waals surface area contributed by atoms with Crippen molar-refractivity contribution in [3.8, 4) is 16.9 Å². The number of rotatable bonds is 4. The van der Waals surface area contributed by atoms with Crippen molar-refractivity contribution < 1.29 is 9.13 Å². The molecule has 1 fully saturated rings. The molecule has 2 nitrogen and oxygen atoms in total. The average molecular weight is 271 g/mol. The van der Waals surface area contributed by atoms with Gasteiger partial charge in [0.25, 0.3) is 0 Å². The largest absolute Gasteiger partial charge is 0.496 e. The highest BCUT2D eigenvalue weighted by Gasteiger charge is 2.38. The molecule has 3 rings (SSSR count). The van der Waals surface area contributed by atoms with Gasteiger partial charge in [0.1, 0.15) is 11.6 Å². The third-order valence-electron chi connectivity index (χ3n) is 4.01. The highest BCUT2D eigenvalue weighted by molar-refractivity contribution is 5.66. The van der Waals surface area contributed by atoms with Crippen molar-refractivity contribution in [2.75, 3.05) is 13.7 Å². The highest BCUT2D eigenvalue weighted by atomic mass is 19.1. The molecule has 2 aromatic rings. The summed E-state index contributed by atoms with van der Waals surface area (Å²) in [6.45, 7) is 0.706. The topological polar surface area (TPSA) is 35.2 Å². The Morgan fingerprint density at radius 2 is 2.00 bits per heavy atom. The minimum Gasteiger partial charge on any atom is -0.496 e. The van der Waals surface area contributed by atoms with Gasteiger partial charge < -0.3 is 10.5 Å². The summed E-state index contributed by atoms with van der Waals surface area (Å²) in [7, 11) is 1.68. The Kier molecular flexibility index (Phi) is 3.45. The van der Waals surface area contributed by atoms with Crippen molar-refractivity contribution in [3.63, 3.8) is 0 Å². The predicted octanol–water partition coefficient (Wildman–Crippen LogP) is 3.56. The van der Waals surface area contributed by atoms with Crippen molar-refractivity contribution >= 4 is 0 Å². The second-order valence-corrected chi connectivity index (χ2v) is 5.31. The zero-order valence-electron chi connectivity index (χ0n) is 11.5. The fourth-order valence-electron chi connectivity index (χ4n) is 2.76. The van der Waals surface area contributed by atoms with Crippen molar-refractivity contribution in [2.45, 2.75) is 12.3 Å². The zero-order chi connectivity index (χ0) is 14.1. The predicted molar refractivity (Wildman–Crippen MR) is 78.3 cm³/mol. The number of hydrogen-bond donors (Lipinski definition) is 1. The summed E-state index contributed by atoms with van der Waals surface area (Å²) in [4.78, 5) is 0. The Bertz CT molecular complexity index is 626. The number of halogens is 1. The summed E-state index contributed by atoms with van der Waals surface area (Å²) < 4.78 is 18.8. The number of ether oxygens (including phenoxy) is 1. The van der Waals surface area contributed by atoms with Gasteiger partial charge in [0.2, 0.25) is 0 Å². The maximum atomic E-state index is 13.3. The van der Waals surface area contributed by atoms with E-state index in [4.69, 9.17) is 10.5 Å². The number of benzene rings is 2. The molecule has 0 aliphatic heterocycles. The van der Waals surface area contributed by atoms with Crippen LogP contribution in [0.3, 0.4) is 0 Å². The molecule has 3 heteroatoms. The fraction of sp³-hybridized carbons (Fsp3) is 0.294. The van der Waals surface area contributed by atoms with Crippen LogP contribution in [-0.4, -0.2) is 13.7 Å². The van der Waals surface area contributed by atoms with Crippen LogP contribution in [0.25, 0.3) is 11.1 Å². The molecular weight excluding hydrogens is 253 g/mol. The first kappa shape index (κ1) is 13.1. The van der Waals surface area contributed by atoms with E-state index in [1.165, 1.54) is 11.6 Å². The van der Waals surface area contributed by atoms with Gasteiger partial charge in [-0.25, -0.2) is 4.39 Å². The highest BCUT2D eigenvalue weighted by Crippen LogP contribution is 2.50. The molecule has 0 radical (unpaired) electrons. The van der Waals surface area contributed by atoms with Crippen LogP contribution >= 0.6 is 0 Å². The van der Waals surface area contributed by atoms with Gasteiger partial charge in [-0.1, -0.05) is 18.2 Å². The second-order valence-electron chi connectivity index (χ2n) is 5.31. The zero-order valence-corrected chi connectivity index (χ0v) is 11.5. The molecule has 1 aliphatic rings. The van der Waals surface area contributed by atoms with E-state index in [1.807, 2.05) is 18.2 Å². The first-order chi connectivity index (χ1) is 9.72. The third-order valence-corrected chi connectivity index (χ3v) is 4.01. The van der Waals surface area contributed by atoms with E-state index in [0.717, 1.165) is 23.3 Å². The van der Waals surface area contributed by atoms with Crippen LogP contribution in [-0.2, 0) is 0 Å². The first-order valence-corrected chi connectivity index (χ1v) is 6.87. The van der Waals surface area contributed by atoms with Crippen molar-refractivity contribution in [3.05, 3.63) is 53.8 Å². The fourth-order valence-corrected chi connectivity index (χ4v) is 2.76. The molecule has 2 N–H and O–H groups in total. The average Bonchev–Trinajstić information content (AvgIpc) is 3.26. The molecule has 0 spiro atoms. The minimum absolute atomic E-state index is 0.217. The number of hydrogen-bond acceptors (Lipinski definition) is 2. The Labute approximate surface area is 118 Å². The lowest BCUT2D eigenvalue weighted by Gasteiger charge is -2.11.